The summed E-state index contributed by atoms with van der Waals surface area (Å²) in [6, 6.07) is 14.7. The van der Waals surface area contributed by atoms with Crippen LogP contribution in [-0.2, 0) is 16.2 Å². The predicted molar refractivity (Wildman–Crippen MR) is 126 cm³/mol. The highest BCUT2D eigenvalue weighted by molar-refractivity contribution is 7.92. The molecule has 7 nitrogen and oxygen atoms in total. The van der Waals surface area contributed by atoms with E-state index in [4.69, 9.17) is 0 Å². The minimum atomic E-state index is -4.44. The van der Waals surface area contributed by atoms with Crippen molar-refractivity contribution in [1.82, 2.24) is 10.3 Å². The number of hydrogen-bond donors (Lipinski definition) is 2. The van der Waals surface area contributed by atoms with Gasteiger partial charge in [0.2, 0.25) is 0 Å². The zero-order chi connectivity index (χ0) is 25.2. The van der Waals surface area contributed by atoms with Gasteiger partial charge < -0.3 is 10.2 Å². The Morgan fingerprint density at radius 3 is 2.46 bits per heavy atom. The Hall–Kier alpha value is -3.60. The number of sulfonamides is 1. The molecule has 1 fully saturated rings. The molecule has 1 atom stereocenters. The molecule has 1 aliphatic heterocycles. The number of halogens is 3. The number of carbonyl (C=O) groups excluding carboxylic acids is 1. The van der Waals surface area contributed by atoms with Crippen molar-refractivity contribution in [2.24, 2.45) is 0 Å². The predicted octanol–water partition coefficient (Wildman–Crippen LogP) is 4.22. The zero-order valence-electron chi connectivity index (χ0n) is 18.7. The van der Waals surface area contributed by atoms with Crippen LogP contribution in [0.5, 0.6) is 0 Å². The normalized spacial score (nSPS) is 16.2. The first-order valence-corrected chi connectivity index (χ1v) is 12.3. The topological polar surface area (TPSA) is 91.4 Å². The van der Waals surface area contributed by atoms with E-state index in [0.29, 0.717) is 36.6 Å². The van der Waals surface area contributed by atoms with E-state index in [9.17, 15) is 26.4 Å². The van der Waals surface area contributed by atoms with E-state index in [1.165, 1.54) is 36.4 Å². The molecule has 0 aliphatic carbocycles. The summed E-state index contributed by atoms with van der Waals surface area (Å²) in [7, 11) is -3.76. The Balaban J connectivity index is 1.34. The average molecular weight is 505 g/mol. The second-order valence-corrected chi connectivity index (χ2v) is 9.99. The van der Waals surface area contributed by atoms with Crippen LogP contribution in [-0.4, -0.2) is 38.4 Å². The van der Waals surface area contributed by atoms with Gasteiger partial charge in [0, 0.05) is 36.6 Å². The highest BCUT2D eigenvalue weighted by Gasteiger charge is 2.31. The molecule has 0 spiro atoms. The van der Waals surface area contributed by atoms with Crippen LogP contribution in [0.1, 0.15) is 27.9 Å². The first kappa shape index (κ1) is 24.5. The quantitative estimate of drug-likeness (QED) is 0.525. The molecule has 0 radical (unpaired) electrons. The van der Waals surface area contributed by atoms with E-state index < -0.39 is 21.8 Å². The van der Waals surface area contributed by atoms with Gasteiger partial charge >= 0.3 is 6.18 Å². The molecule has 1 unspecified atom stereocenters. The van der Waals surface area contributed by atoms with Crippen molar-refractivity contribution < 1.29 is 26.4 Å². The molecule has 3 aromatic rings. The number of rotatable bonds is 6. The van der Waals surface area contributed by atoms with Crippen molar-refractivity contribution in [2.75, 3.05) is 22.7 Å². The number of nitrogens with one attached hydrogen (secondary N) is 2. The van der Waals surface area contributed by atoms with Crippen molar-refractivity contribution in [1.29, 1.82) is 0 Å². The molecule has 2 N–H and O–H groups in total. The van der Waals surface area contributed by atoms with E-state index in [2.05, 4.69) is 15.0 Å². The second-order valence-electron chi connectivity index (χ2n) is 8.31. The molecule has 1 aromatic heterocycles. The lowest BCUT2D eigenvalue weighted by Crippen LogP contribution is -2.37. The van der Waals surface area contributed by atoms with Crippen LogP contribution in [0.2, 0.25) is 0 Å². The third kappa shape index (κ3) is 5.91. The van der Waals surface area contributed by atoms with Crippen LogP contribution in [0, 0.1) is 6.92 Å². The SMILES string of the molecule is Cc1cccc(S(=O)(=O)Nc2ccc(C(=O)NC3CCN(c4ccc(C(F)(F)F)cn4)C3)cc2)c1. The van der Waals surface area contributed by atoms with Crippen molar-refractivity contribution >= 4 is 27.4 Å². The second kappa shape index (κ2) is 9.57. The molecule has 4 rings (SSSR count). The number of anilines is 2. The monoisotopic (exact) mass is 504 g/mol. The lowest BCUT2D eigenvalue weighted by Gasteiger charge is -2.18. The molecule has 0 saturated carbocycles. The number of hydrogen-bond acceptors (Lipinski definition) is 5. The van der Waals surface area contributed by atoms with Crippen LogP contribution in [0.15, 0.2) is 71.8 Å². The van der Waals surface area contributed by atoms with Gasteiger partial charge in [-0.05, 0) is 67.4 Å². The highest BCUT2D eigenvalue weighted by Crippen LogP contribution is 2.30. The fraction of sp³-hybridized carbons (Fsp3) is 0.250. The maximum absolute atomic E-state index is 12.7. The minimum absolute atomic E-state index is 0.146. The summed E-state index contributed by atoms with van der Waals surface area (Å²) < 4.78 is 65.8. The smallest absolute Gasteiger partial charge is 0.354 e. The van der Waals surface area contributed by atoms with E-state index in [1.807, 2.05) is 4.90 Å². The Morgan fingerprint density at radius 2 is 1.83 bits per heavy atom. The molecule has 184 valence electrons. The maximum atomic E-state index is 12.7. The minimum Gasteiger partial charge on any atom is -0.354 e. The molecule has 1 saturated heterocycles. The summed E-state index contributed by atoms with van der Waals surface area (Å²) in [6.45, 7) is 2.76. The van der Waals surface area contributed by atoms with E-state index in [-0.39, 0.29) is 16.8 Å². The Bertz CT molecular complexity index is 1310. The average Bonchev–Trinajstić information content (AvgIpc) is 3.27. The third-order valence-corrected chi connectivity index (χ3v) is 7.00. The standard InChI is InChI=1S/C24H23F3N4O3S/c1-16-3-2-4-21(13-16)35(33,34)30-19-8-5-17(6-9-19)23(32)29-20-11-12-31(15-20)22-10-7-18(14-28-22)24(25,26)27/h2-10,13-14,20,30H,11-12,15H2,1H3,(H,29,32). The fourth-order valence-electron chi connectivity index (χ4n) is 3.78. The molecule has 0 bridgehead atoms. The Labute approximate surface area is 201 Å². The Kier molecular flexibility index (Phi) is 6.70. The molecule has 11 heteroatoms. The van der Waals surface area contributed by atoms with Gasteiger partial charge in [0.1, 0.15) is 5.82 Å². The summed E-state index contributed by atoms with van der Waals surface area (Å²) in [5.74, 6) is 0.0883. The van der Waals surface area contributed by atoms with Gasteiger partial charge in [-0.2, -0.15) is 13.2 Å². The van der Waals surface area contributed by atoms with Crippen molar-refractivity contribution in [3.8, 4) is 0 Å². The summed E-state index contributed by atoms with van der Waals surface area (Å²) in [6.07, 6.45) is -3.03. The fourth-order valence-corrected chi connectivity index (χ4v) is 4.94. The van der Waals surface area contributed by atoms with Crippen LogP contribution in [0.3, 0.4) is 0 Å². The molecular weight excluding hydrogens is 481 g/mol. The largest absolute Gasteiger partial charge is 0.417 e. The number of pyridine rings is 1. The molecule has 1 aliphatic rings. The van der Waals surface area contributed by atoms with Crippen LogP contribution in [0.4, 0.5) is 24.7 Å². The molecule has 35 heavy (non-hydrogen) atoms. The maximum Gasteiger partial charge on any atom is 0.417 e. The molecular formula is C24H23F3N4O3S. The summed E-state index contributed by atoms with van der Waals surface area (Å²) >= 11 is 0. The van der Waals surface area contributed by atoms with Gasteiger partial charge in [0.15, 0.2) is 0 Å². The summed E-state index contributed by atoms with van der Waals surface area (Å²) in [5, 5.41) is 2.90. The number of alkyl halides is 3. The van der Waals surface area contributed by atoms with E-state index >= 15 is 0 Å². The lowest BCUT2D eigenvalue weighted by molar-refractivity contribution is -0.137. The number of carbonyl (C=O) groups is 1. The number of nitrogens with zero attached hydrogens (tertiary/aromatic N) is 2. The van der Waals surface area contributed by atoms with Gasteiger partial charge in [-0.15, -0.1) is 0 Å². The highest BCUT2D eigenvalue weighted by atomic mass is 32.2. The number of benzene rings is 2. The number of aromatic nitrogens is 1. The van der Waals surface area contributed by atoms with Gasteiger partial charge in [-0.25, -0.2) is 13.4 Å². The third-order valence-electron chi connectivity index (χ3n) is 5.62. The first-order chi connectivity index (χ1) is 16.5. The molecule has 2 heterocycles. The van der Waals surface area contributed by atoms with Gasteiger partial charge in [0.25, 0.3) is 15.9 Å². The summed E-state index contributed by atoms with van der Waals surface area (Å²) in [5.41, 5.74) is 0.687. The molecule has 2 aromatic carbocycles. The lowest BCUT2D eigenvalue weighted by atomic mass is 10.1. The van der Waals surface area contributed by atoms with E-state index in [0.717, 1.165) is 17.8 Å². The van der Waals surface area contributed by atoms with Gasteiger partial charge in [-0.1, -0.05) is 12.1 Å². The van der Waals surface area contributed by atoms with Crippen LogP contribution >= 0.6 is 0 Å². The van der Waals surface area contributed by atoms with Crippen LogP contribution in [0.25, 0.3) is 0 Å². The number of amides is 1. The van der Waals surface area contributed by atoms with Gasteiger partial charge in [0.05, 0.1) is 10.5 Å². The number of aryl methyl sites for hydroxylation is 1. The van der Waals surface area contributed by atoms with Crippen molar-refractivity contribution in [3.05, 3.63) is 83.6 Å². The van der Waals surface area contributed by atoms with E-state index in [1.54, 1.807) is 25.1 Å². The first-order valence-electron chi connectivity index (χ1n) is 10.8. The van der Waals surface area contributed by atoms with Crippen LogP contribution < -0.4 is 14.9 Å². The molecule has 1 amide bonds. The summed E-state index contributed by atoms with van der Waals surface area (Å²) in [4.78, 5) is 18.5. The Morgan fingerprint density at radius 1 is 1.09 bits per heavy atom. The van der Waals surface area contributed by atoms with Crippen molar-refractivity contribution in [3.63, 3.8) is 0 Å². The van der Waals surface area contributed by atoms with Crippen molar-refractivity contribution in [2.45, 2.75) is 30.5 Å². The van der Waals surface area contributed by atoms with Gasteiger partial charge in [-0.3, -0.25) is 9.52 Å². The zero-order valence-corrected chi connectivity index (χ0v) is 19.5.